The molecule has 0 atom stereocenters. The zero-order chi connectivity index (χ0) is 12.6. The number of rotatable bonds is 4. The minimum Gasteiger partial charge on any atom is -0.228 e. The summed E-state index contributed by atoms with van der Waals surface area (Å²) in [5.41, 5.74) is 0.225. The van der Waals surface area contributed by atoms with E-state index in [1.165, 1.54) is 10.0 Å². The van der Waals surface area contributed by atoms with Crippen LogP contribution >= 0.6 is 22.7 Å². The molecule has 2 rings (SSSR count). The van der Waals surface area contributed by atoms with E-state index >= 15 is 0 Å². The van der Waals surface area contributed by atoms with Gasteiger partial charge in [0.25, 0.3) is 0 Å². The van der Waals surface area contributed by atoms with Crippen molar-refractivity contribution in [2.24, 2.45) is 0 Å². The summed E-state index contributed by atoms with van der Waals surface area (Å²) in [4.78, 5) is 11.7. The monoisotopic (exact) mass is 268 g/mol. The summed E-state index contributed by atoms with van der Waals surface area (Å²) in [6.07, 6.45) is 2.28. The Balaban J connectivity index is 2.43. The van der Waals surface area contributed by atoms with Crippen LogP contribution in [0.15, 0.2) is 0 Å². The van der Waals surface area contributed by atoms with Gasteiger partial charge in [0, 0.05) is 11.3 Å². The van der Waals surface area contributed by atoms with Crippen molar-refractivity contribution in [2.75, 3.05) is 0 Å². The highest BCUT2D eigenvalue weighted by atomic mass is 32.1. The van der Waals surface area contributed by atoms with Crippen LogP contribution < -0.4 is 0 Å². The van der Waals surface area contributed by atoms with Gasteiger partial charge in [-0.25, -0.2) is 9.97 Å². The second-order valence-corrected chi connectivity index (χ2v) is 7.09. The van der Waals surface area contributed by atoms with Crippen molar-refractivity contribution >= 4 is 32.3 Å². The van der Waals surface area contributed by atoms with Gasteiger partial charge in [-0.15, -0.1) is 0 Å². The summed E-state index contributed by atoms with van der Waals surface area (Å²) in [5, 5.41) is 2.46. The normalized spacial score (nSPS) is 12.8. The van der Waals surface area contributed by atoms with Crippen LogP contribution in [0.2, 0.25) is 0 Å². The van der Waals surface area contributed by atoms with Gasteiger partial charge in [0.05, 0.1) is 5.01 Å². The molecule has 4 heteroatoms. The van der Waals surface area contributed by atoms with Gasteiger partial charge in [0.1, 0.15) is 5.01 Å². The minimum atomic E-state index is 0.225. The predicted molar refractivity (Wildman–Crippen MR) is 77.3 cm³/mol. The molecule has 2 nitrogen and oxygen atoms in total. The Bertz CT molecular complexity index is 475. The molecule has 0 unspecified atom stereocenters. The van der Waals surface area contributed by atoms with Gasteiger partial charge in [-0.05, 0) is 12.8 Å². The third-order valence-corrected chi connectivity index (χ3v) is 6.20. The molecule has 0 radical (unpaired) electrons. The summed E-state index contributed by atoms with van der Waals surface area (Å²) in [6.45, 7) is 11.2. The molecule has 0 amide bonds. The highest BCUT2D eigenvalue weighted by Gasteiger charge is 2.27. The van der Waals surface area contributed by atoms with Gasteiger partial charge < -0.3 is 0 Å². The van der Waals surface area contributed by atoms with Crippen LogP contribution in [0.4, 0.5) is 0 Å². The van der Waals surface area contributed by atoms with Crippen LogP contribution in [0.5, 0.6) is 0 Å². The van der Waals surface area contributed by atoms with Crippen LogP contribution in [-0.4, -0.2) is 9.97 Å². The molecular formula is C13H20N2S2. The van der Waals surface area contributed by atoms with Crippen molar-refractivity contribution in [3.05, 3.63) is 10.0 Å². The molecule has 0 aromatic carbocycles. The summed E-state index contributed by atoms with van der Waals surface area (Å²) < 4.78 is 0. The Labute approximate surface area is 111 Å². The quantitative estimate of drug-likeness (QED) is 0.783. The van der Waals surface area contributed by atoms with Crippen molar-refractivity contribution in [3.8, 4) is 0 Å². The molecule has 17 heavy (non-hydrogen) atoms. The maximum Gasteiger partial charge on any atom is 0.155 e. The molecule has 2 heterocycles. The Kier molecular flexibility index (Phi) is 3.55. The molecule has 0 N–H and O–H groups in total. The maximum absolute atomic E-state index is 4.80. The van der Waals surface area contributed by atoms with Crippen LogP contribution in [0.3, 0.4) is 0 Å². The van der Waals surface area contributed by atoms with E-state index in [1.54, 1.807) is 22.7 Å². The van der Waals surface area contributed by atoms with Gasteiger partial charge in [0.2, 0.25) is 0 Å². The van der Waals surface area contributed by atoms with E-state index in [0.717, 1.165) is 22.5 Å². The SMILES string of the molecule is CCC(C)(CC)c1nc2sc(C(C)C)nc2s1. The zero-order valence-corrected chi connectivity index (χ0v) is 12.8. The van der Waals surface area contributed by atoms with Gasteiger partial charge in [0.15, 0.2) is 9.66 Å². The number of hydrogen-bond donors (Lipinski definition) is 0. The maximum atomic E-state index is 4.80. The summed E-state index contributed by atoms with van der Waals surface area (Å²) in [6, 6.07) is 0. The van der Waals surface area contributed by atoms with Crippen molar-refractivity contribution < 1.29 is 0 Å². The number of hydrogen-bond acceptors (Lipinski definition) is 4. The standard InChI is InChI=1S/C13H20N2S2/c1-6-13(5,7-2)12-15-11-10(17-12)14-9(16-11)8(3)4/h8H,6-7H2,1-5H3. The Morgan fingerprint density at radius 3 is 2.12 bits per heavy atom. The van der Waals surface area contributed by atoms with Crippen molar-refractivity contribution in [2.45, 2.75) is 58.8 Å². The molecule has 0 spiro atoms. The van der Waals surface area contributed by atoms with Gasteiger partial charge >= 0.3 is 0 Å². The fourth-order valence-corrected chi connectivity index (χ4v) is 4.05. The van der Waals surface area contributed by atoms with E-state index in [1.807, 2.05) is 0 Å². The molecular weight excluding hydrogens is 248 g/mol. The first-order chi connectivity index (χ1) is 8.00. The zero-order valence-electron chi connectivity index (χ0n) is 11.2. The second kappa shape index (κ2) is 4.65. The molecule has 0 aliphatic carbocycles. The molecule has 0 fully saturated rings. The van der Waals surface area contributed by atoms with Crippen molar-refractivity contribution in [1.29, 1.82) is 0 Å². The van der Waals surface area contributed by atoms with E-state index in [9.17, 15) is 0 Å². The lowest BCUT2D eigenvalue weighted by molar-refractivity contribution is 0.437. The van der Waals surface area contributed by atoms with Crippen LogP contribution in [0.1, 0.15) is 63.4 Å². The van der Waals surface area contributed by atoms with Crippen molar-refractivity contribution in [3.63, 3.8) is 0 Å². The molecule has 0 aliphatic heterocycles. The van der Waals surface area contributed by atoms with Gasteiger partial charge in [-0.2, -0.15) is 0 Å². The topological polar surface area (TPSA) is 25.8 Å². The average Bonchev–Trinajstić information content (AvgIpc) is 2.85. The largest absolute Gasteiger partial charge is 0.228 e. The van der Waals surface area contributed by atoms with Crippen molar-refractivity contribution in [1.82, 2.24) is 9.97 Å². The lowest BCUT2D eigenvalue weighted by atomic mass is 9.86. The molecule has 0 aliphatic rings. The number of nitrogens with zero attached hydrogens (tertiary/aromatic N) is 2. The predicted octanol–water partition coefficient (Wildman–Crippen LogP) is 4.95. The number of fused-ring (bicyclic) bond motifs is 1. The molecule has 0 bridgehead atoms. The Morgan fingerprint density at radius 2 is 1.65 bits per heavy atom. The molecule has 0 saturated heterocycles. The fraction of sp³-hybridized carbons (Fsp3) is 0.692. The molecule has 2 aromatic rings. The highest BCUT2D eigenvalue weighted by Crippen LogP contribution is 2.38. The van der Waals surface area contributed by atoms with E-state index < -0.39 is 0 Å². The molecule has 0 saturated carbocycles. The lowest BCUT2D eigenvalue weighted by Gasteiger charge is -2.23. The van der Waals surface area contributed by atoms with Gasteiger partial charge in [-0.3, -0.25) is 0 Å². The van der Waals surface area contributed by atoms with E-state index in [4.69, 9.17) is 4.98 Å². The minimum absolute atomic E-state index is 0.225. The molecule has 94 valence electrons. The summed E-state index contributed by atoms with van der Waals surface area (Å²) in [5.74, 6) is 0.508. The van der Waals surface area contributed by atoms with E-state index in [2.05, 4.69) is 39.6 Å². The van der Waals surface area contributed by atoms with Gasteiger partial charge in [-0.1, -0.05) is 57.3 Å². The third kappa shape index (κ3) is 2.25. The Hall–Kier alpha value is -0.480. The summed E-state index contributed by atoms with van der Waals surface area (Å²) >= 11 is 3.53. The fourth-order valence-electron chi connectivity index (χ4n) is 1.71. The number of aromatic nitrogens is 2. The van der Waals surface area contributed by atoms with E-state index in [0.29, 0.717) is 5.92 Å². The number of thiazole rings is 2. The average molecular weight is 268 g/mol. The Morgan fingerprint density at radius 1 is 1.06 bits per heavy atom. The highest BCUT2D eigenvalue weighted by molar-refractivity contribution is 7.26. The van der Waals surface area contributed by atoms with Crippen LogP contribution in [-0.2, 0) is 5.41 Å². The lowest BCUT2D eigenvalue weighted by Crippen LogP contribution is -2.18. The third-order valence-electron chi connectivity index (χ3n) is 3.56. The van der Waals surface area contributed by atoms with Crippen LogP contribution in [0.25, 0.3) is 9.66 Å². The van der Waals surface area contributed by atoms with Crippen LogP contribution in [0, 0.1) is 0 Å². The van der Waals surface area contributed by atoms with E-state index in [-0.39, 0.29) is 5.41 Å². The summed E-state index contributed by atoms with van der Waals surface area (Å²) in [7, 11) is 0. The smallest absolute Gasteiger partial charge is 0.155 e. The molecule has 2 aromatic heterocycles. The first-order valence-corrected chi connectivity index (χ1v) is 7.91. The second-order valence-electron chi connectivity index (χ2n) is 5.10. The first-order valence-electron chi connectivity index (χ1n) is 6.28. The first kappa shape index (κ1) is 13.0.